The van der Waals surface area contributed by atoms with Crippen molar-refractivity contribution in [1.29, 1.82) is 0 Å². The van der Waals surface area contributed by atoms with Crippen LogP contribution in [0.3, 0.4) is 0 Å². The van der Waals surface area contributed by atoms with Gasteiger partial charge in [0.2, 0.25) is 11.8 Å². The van der Waals surface area contributed by atoms with Crippen molar-refractivity contribution in [3.05, 3.63) is 17.2 Å². The van der Waals surface area contributed by atoms with Crippen molar-refractivity contribution in [2.75, 3.05) is 0 Å². The van der Waals surface area contributed by atoms with Crippen LogP contribution in [0.25, 0.3) is 0 Å². The zero-order valence-corrected chi connectivity index (χ0v) is 10.6. The van der Waals surface area contributed by atoms with Gasteiger partial charge in [-0.05, 0) is 6.92 Å². The van der Waals surface area contributed by atoms with E-state index in [-0.39, 0.29) is 29.3 Å². The number of amides is 1. The van der Waals surface area contributed by atoms with Crippen molar-refractivity contribution < 1.29 is 23.9 Å². The van der Waals surface area contributed by atoms with Crippen molar-refractivity contribution >= 4 is 17.8 Å². The Kier molecular flexibility index (Phi) is 3.20. The zero-order chi connectivity index (χ0) is 14.2. The van der Waals surface area contributed by atoms with Gasteiger partial charge in [0.15, 0.2) is 0 Å². The van der Waals surface area contributed by atoms with Gasteiger partial charge in [0.25, 0.3) is 5.91 Å². The maximum absolute atomic E-state index is 11.7. The maximum Gasteiger partial charge on any atom is 0.309 e. The van der Waals surface area contributed by atoms with Gasteiger partial charge in [-0.1, -0.05) is 0 Å². The molecule has 0 aliphatic carbocycles. The van der Waals surface area contributed by atoms with Crippen molar-refractivity contribution in [3.8, 4) is 11.8 Å². The molecule has 0 radical (unpaired) electrons. The third-order valence-electron chi connectivity index (χ3n) is 2.51. The summed E-state index contributed by atoms with van der Waals surface area (Å²) >= 11 is 0. The largest absolute Gasteiger partial charge is 0.408 e. The average molecular weight is 264 g/mol. The molecule has 1 amide bonds. The summed E-state index contributed by atoms with van der Waals surface area (Å²) in [5.41, 5.74) is 0.770. The first kappa shape index (κ1) is 13.0. The zero-order valence-electron chi connectivity index (χ0n) is 10.6. The van der Waals surface area contributed by atoms with E-state index in [1.807, 2.05) is 0 Å². The lowest BCUT2D eigenvalue weighted by atomic mass is 10.1. The van der Waals surface area contributed by atoms with Crippen LogP contribution < -0.4 is 14.8 Å². The summed E-state index contributed by atoms with van der Waals surface area (Å²) < 4.78 is 9.79. The highest BCUT2D eigenvalue weighted by Crippen LogP contribution is 2.34. The molecule has 0 saturated heterocycles. The predicted molar refractivity (Wildman–Crippen MR) is 62.7 cm³/mol. The molecular weight excluding hydrogens is 252 g/mol. The summed E-state index contributed by atoms with van der Waals surface area (Å²) in [4.78, 5) is 37.6. The lowest BCUT2D eigenvalue weighted by Gasteiger charge is -2.10. The van der Waals surface area contributed by atoms with Crippen LogP contribution in [0.4, 0.5) is 0 Å². The minimum atomic E-state index is -0.576. The smallest absolute Gasteiger partial charge is 0.309 e. The molecule has 1 N–H and O–H groups in total. The Morgan fingerprint density at radius 1 is 1.26 bits per heavy atom. The molecule has 100 valence electrons. The second kappa shape index (κ2) is 4.68. The average Bonchev–Trinajstić information content (AvgIpc) is 2.52. The molecule has 0 fully saturated rings. The van der Waals surface area contributed by atoms with E-state index in [9.17, 15) is 14.4 Å². The van der Waals surface area contributed by atoms with E-state index in [0.717, 1.165) is 0 Å². The van der Waals surface area contributed by atoms with Crippen molar-refractivity contribution in [3.63, 3.8) is 0 Å². The number of nitrogens with zero attached hydrogens (tertiary/aromatic N) is 1. The fraction of sp³-hybridized carbons (Fsp3) is 0.333. The van der Waals surface area contributed by atoms with E-state index in [1.165, 1.54) is 19.9 Å². The molecule has 1 unspecified atom stereocenters. The lowest BCUT2D eigenvalue weighted by molar-refractivity contribution is -0.132. The molecule has 1 aliphatic heterocycles. The van der Waals surface area contributed by atoms with Crippen molar-refractivity contribution in [2.24, 2.45) is 0 Å². The van der Waals surface area contributed by atoms with Crippen LogP contribution >= 0.6 is 0 Å². The molecular formula is C12H12N2O5. The highest BCUT2D eigenvalue weighted by molar-refractivity contribution is 6.00. The Morgan fingerprint density at radius 3 is 2.47 bits per heavy atom. The first-order valence-corrected chi connectivity index (χ1v) is 5.61. The summed E-state index contributed by atoms with van der Waals surface area (Å²) in [7, 11) is 0. The molecule has 19 heavy (non-hydrogen) atoms. The fourth-order valence-electron chi connectivity index (χ4n) is 1.88. The first-order valence-electron chi connectivity index (χ1n) is 5.61. The second-order valence-electron chi connectivity index (χ2n) is 4.11. The third-order valence-corrected chi connectivity index (χ3v) is 2.51. The van der Waals surface area contributed by atoms with E-state index in [0.29, 0.717) is 5.56 Å². The number of nitrogens with one attached hydrogen (secondary N) is 1. The molecule has 7 nitrogen and oxygen atoms in total. The number of carbonyl (C=O) groups excluding carboxylic acids is 3. The monoisotopic (exact) mass is 264 g/mol. The normalized spacial score (nSPS) is 16.6. The Morgan fingerprint density at radius 2 is 1.89 bits per heavy atom. The molecule has 0 aromatic carbocycles. The highest BCUT2D eigenvalue weighted by Gasteiger charge is 2.32. The fourth-order valence-corrected chi connectivity index (χ4v) is 1.88. The van der Waals surface area contributed by atoms with Gasteiger partial charge < -0.3 is 14.8 Å². The Labute approximate surface area is 108 Å². The molecule has 0 saturated carbocycles. The quantitative estimate of drug-likeness (QED) is 0.791. The van der Waals surface area contributed by atoms with Crippen LogP contribution in [0.5, 0.6) is 11.8 Å². The van der Waals surface area contributed by atoms with Crippen LogP contribution in [0, 0.1) is 0 Å². The van der Waals surface area contributed by atoms with E-state index < -0.39 is 11.9 Å². The highest BCUT2D eigenvalue weighted by atomic mass is 16.6. The maximum atomic E-state index is 11.7. The van der Waals surface area contributed by atoms with Crippen LogP contribution in [0.15, 0.2) is 6.07 Å². The number of pyridine rings is 1. The van der Waals surface area contributed by atoms with Crippen molar-refractivity contribution in [1.82, 2.24) is 10.3 Å². The van der Waals surface area contributed by atoms with E-state index >= 15 is 0 Å². The molecule has 2 heterocycles. The Balaban J connectivity index is 2.53. The molecule has 7 heteroatoms. The minimum Gasteiger partial charge on any atom is -0.408 e. The van der Waals surface area contributed by atoms with Gasteiger partial charge in [-0.2, -0.15) is 4.98 Å². The van der Waals surface area contributed by atoms with Crippen LogP contribution in [0.2, 0.25) is 0 Å². The van der Waals surface area contributed by atoms with Crippen LogP contribution in [0.1, 0.15) is 42.7 Å². The third kappa shape index (κ3) is 2.54. The Bertz CT molecular complexity index is 582. The van der Waals surface area contributed by atoms with Crippen LogP contribution in [-0.2, 0) is 9.59 Å². The van der Waals surface area contributed by atoms with Gasteiger partial charge in [0, 0.05) is 25.5 Å². The first-order chi connectivity index (χ1) is 8.88. The van der Waals surface area contributed by atoms with E-state index in [1.54, 1.807) is 6.92 Å². The summed E-state index contributed by atoms with van der Waals surface area (Å²) in [5, 5.41) is 2.67. The van der Waals surface area contributed by atoms with Gasteiger partial charge in [-0.25, -0.2) is 0 Å². The van der Waals surface area contributed by atoms with Gasteiger partial charge in [-0.3, -0.25) is 14.4 Å². The van der Waals surface area contributed by atoms with Gasteiger partial charge in [-0.15, -0.1) is 0 Å². The van der Waals surface area contributed by atoms with E-state index in [2.05, 4.69) is 10.3 Å². The predicted octanol–water partition coefficient (Wildman–Crippen LogP) is 0.737. The van der Waals surface area contributed by atoms with Gasteiger partial charge in [0.05, 0.1) is 11.6 Å². The summed E-state index contributed by atoms with van der Waals surface area (Å²) in [6, 6.07) is 1.03. The molecule has 1 aliphatic rings. The molecule has 0 spiro atoms. The Hall–Kier alpha value is -2.44. The number of hydrogen-bond acceptors (Lipinski definition) is 6. The lowest BCUT2D eigenvalue weighted by Crippen LogP contribution is -2.16. The van der Waals surface area contributed by atoms with E-state index in [4.69, 9.17) is 9.47 Å². The summed E-state index contributed by atoms with van der Waals surface area (Å²) in [5.74, 6) is -1.57. The molecule has 0 bridgehead atoms. The summed E-state index contributed by atoms with van der Waals surface area (Å²) in [6.07, 6.45) is 0. The molecule has 2 rings (SSSR count). The number of esters is 2. The number of fused-ring (bicyclic) bond motifs is 1. The molecule has 1 atom stereocenters. The minimum absolute atomic E-state index is 0.0212. The number of aromatic nitrogens is 1. The van der Waals surface area contributed by atoms with Gasteiger partial charge >= 0.3 is 11.9 Å². The standard InChI is InChI=1S/C12H12N2O5/c1-5-10-8(11(17)13-5)4-9(18-6(2)15)14-12(10)19-7(3)16/h4-5H,1-3H3,(H,13,17). The topological polar surface area (TPSA) is 94.6 Å². The number of ether oxygens (including phenoxy) is 2. The SMILES string of the molecule is CC(=O)Oc1cc2c(c(OC(C)=O)n1)C(C)NC2=O. The summed E-state index contributed by atoms with van der Waals surface area (Å²) in [6.45, 7) is 4.18. The second-order valence-corrected chi connectivity index (χ2v) is 4.11. The van der Waals surface area contributed by atoms with Crippen LogP contribution in [-0.4, -0.2) is 22.8 Å². The number of hydrogen-bond donors (Lipinski definition) is 1. The molecule has 1 aromatic heterocycles. The molecule has 1 aromatic rings. The van der Waals surface area contributed by atoms with Crippen molar-refractivity contribution in [2.45, 2.75) is 26.8 Å². The van der Waals surface area contributed by atoms with Gasteiger partial charge in [0.1, 0.15) is 0 Å². The number of carbonyl (C=O) groups is 3. The number of rotatable bonds is 2.